The number of aryl methyl sites for hydroxylation is 1. The Bertz CT molecular complexity index is 508. The van der Waals surface area contributed by atoms with Crippen LogP contribution in [0.15, 0.2) is 22.7 Å². The number of amides is 2. The zero-order valence-corrected chi connectivity index (χ0v) is 12.4. The highest BCUT2D eigenvalue weighted by atomic mass is 79.9. The van der Waals surface area contributed by atoms with Crippen molar-refractivity contribution in [2.75, 3.05) is 13.1 Å². The van der Waals surface area contributed by atoms with Gasteiger partial charge in [0.05, 0.1) is 0 Å². The molecule has 0 spiro atoms. The fraction of sp³-hybridized carbons (Fsp3) is 0.429. The summed E-state index contributed by atoms with van der Waals surface area (Å²) >= 11 is 3.39. The van der Waals surface area contributed by atoms with Crippen molar-refractivity contribution in [3.05, 3.63) is 33.8 Å². The molecule has 0 aromatic heterocycles. The normalized spacial score (nSPS) is 16.4. The first-order valence-corrected chi connectivity index (χ1v) is 7.13. The van der Waals surface area contributed by atoms with Crippen molar-refractivity contribution in [1.82, 2.24) is 4.90 Å². The molecule has 1 aliphatic rings. The van der Waals surface area contributed by atoms with Crippen molar-refractivity contribution >= 4 is 27.7 Å². The Morgan fingerprint density at radius 1 is 1.32 bits per heavy atom. The third-order valence-corrected chi connectivity index (χ3v) is 4.10. The third-order valence-electron chi connectivity index (χ3n) is 3.60. The smallest absolute Gasteiger partial charge is 0.254 e. The molecule has 4 nitrogen and oxygen atoms in total. The van der Waals surface area contributed by atoms with Gasteiger partial charge in [0, 0.05) is 29.0 Å². The summed E-state index contributed by atoms with van der Waals surface area (Å²) < 4.78 is 0.967. The van der Waals surface area contributed by atoms with Crippen molar-refractivity contribution in [3.63, 3.8) is 0 Å². The Kier molecular flexibility index (Phi) is 4.24. The van der Waals surface area contributed by atoms with Gasteiger partial charge in [-0.25, -0.2) is 0 Å². The number of primary amides is 1. The Balaban J connectivity index is 2.07. The number of likely N-dealkylation sites (tertiary alicyclic amines) is 1. The SMILES string of the molecule is Cc1cc(Br)ccc1C(=O)N1CCC(C(N)=O)CC1. The second-order valence-corrected chi connectivity index (χ2v) is 5.84. The number of hydrogen-bond acceptors (Lipinski definition) is 2. The van der Waals surface area contributed by atoms with E-state index in [0.717, 1.165) is 15.6 Å². The molecule has 0 saturated carbocycles. The third kappa shape index (κ3) is 3.15. The van der Waals surface area contributed by atoms with Gasteiger partial charge in [0.25, 0.3) is 5.91 Å². The van der Waals surface area contributed by atoms with Crippen LogP contribution in [-0.2, 0) is 4.79 Å². The molecule has 19 heavy (non-hydrogen) atoms. The van der Waals surface area contributed by atoms with Gasteiger partial charge in [-0.05, 0) is 43.5 Å². The summed E-state index contributed by atoms with van der Waals surface area (Å²) in [5.41, 5.74) is 6.97. The maximum absolute atomic E-state index is 12.4. The highest BCUT2D eigenvalue weighted by Gasteiger charge is 2.26. The van der Waals surface area contributed by atoms with E-state index >= 15 is 0 Å². The molecule has 1 aromatic carbocycles. The maximum atomic E-state index is 12.4. The first-order chi connectivity index (χ1) is 8.99. The Labute approximate surface area is 121 Å². The number of carbonyl (C=O) groups is 2. The molecule has 0 atom stereocenters. The van der Waals surface area contributed by atoms with Gasteiger partial charge >= 0.3 is 0 Å². The van der Waals surface area contributed by atoms with E-state index in [4.69, 9.17) is 5.73 Å². The number of benzene rings is 1. The van der Waals surface area contributed by atoms with Gasteiger partial charge in [0.15, 0.2) is 0 Å². The van der Waals surface area contributed by atoms with Gasteiger partial charge < -0.3 is 10.6 Å². The van der Waals surface area contributed by atoms with Gasteiger partial charge in [-0.2, -0.15) is 0 Å². The van der Waals surface area contributed by atoms with E-state index in [9.17, 15) is 9.59 Å². The largest absolute Gasteiger partial charge is 0.369 e. The second-order valence-electron chi connectivity index (χ2n) is 4.93. The van der Waals surface area contributed by atoms with Crippen molar-refractivity contribution < 1.29 is 9.59 Å². The van der Waals surface area contributed by atoms with Crippen LogP contribution in [0, 0.1) is 12.8 Å². The molecule has 0 aliphatic carbocycles. The van der Waals surface area contributed by atoms with E-state index in [1.165, 1.54) is 0 Å². The maximum Gasteiger partial charge on any atom is 0.254 e. The molecule has 1 heterocycles. The summed E-state index contributed by atoms with van der Waals surface area (Å²) in [7, 11) is 0. The Morgan fingerprint density at radius 3 is 2.47 bits per heavy atom. The molecule has 102 valence electrons. The van der Waals surface area contributed by atoms with Crippen LogP contribution in [0.1, 0.15) is 28.8 Å². The molecule has 1 aliphatic heterocycles. The molecule has 2 rings (SSSR count). The summed E-state index contributed by atoms with van der Waals surface area (Å²) in [6, 6.07) is 5.64. The summed E-state index contributed by atoms with van der Waals surface area (Å²) in [6.07, 6.45) is 1.33. The lowest BCUT2D eigenvalue weighted by molar-refractivity contribution is -0.123. The Hall–Kier alpha value is -1.36. The first kappa shape index (κ1) is 14.1. The number of hydrogen-bond donors (Lipinski definition) is 1. The van der Waals surface area contributed by atoms with Gasteiger partial charge in [0.2, 0.25) is 5.91 Å². The average molecular weight is 325 g/mol. The fourth-order valence-corrected chi connectivity index (χ4v) is 2.88. The second kappa shape index (κ2) is 5.74. The molecule has 1 fully saturated rings. The minimum atomic E-state index is -0.257. The molecule has 0 bridgehead atoms. The standard InChI is InChI=1S/C14H17BrN2O2/c1-9-8-11(15)2-3-12(9)14(19)17-6-4-10(5-7-17)13(16)18/h2-3,8,10H,4-7H2,1H3,(H2,16,18). The van der Waals surface area contributed by atoms with Gasteiger partial charge in [-0.3, -0.25) is 9.59 Å². The van der Waals surface area contributed by atoms with Crippen molar-refractivity contribution in [1.29, 1.82) is 0 Å². The number of nitrogens with two attached hydrogens (primary N) is 1. The van der Waals surface area contributed by atoms with Crippen LogP contribution in [0.2, 0.25) is 0 Å². The zero-order chi connectivity index (χ0) is 14.0. The molecule has 5 heteroatoms. The monoisotopic (exact) mass is 324 g/mol. The molecular weight excluding hydrogens is 308 g/mol. The van der Waals surface area contributed by atoms with Crippen LogP contribution >= 0.6 is 15.9 Å². The number of halogens is 1. The van der Waals surface area contributed by atoms with Gasteiger partial charge in [-0.1, -0.05) is 15.9 Å². The van der Waals surface area contributed by atoms with Crippen LogP contribution in [0.5, 0.6) is 0 Å². The van der Waals surface area contributed by atoms with Gasteiger partial charge in [-0.15, -0.1) is 0 Å². The van der Waals surface area contributed by atoms with E-state index in [1.54, 1.807) is 4.90 Å². The highest BCUT2D eigenvalue weighted by Crippen LogP contribution is 2.21. The van der Waals surface area contributed by atoms with Crippen LogP contribution in [0.4, 0.5) is 0 Å². The van der Waals surface area contributed by atoms with Crippen LogP contribution < -0.4 is 5.73 Å². The molecular formula is C14H17BrN2O2. The van der Waals surface area contributed by atoms with Crippen molar-refractivity contribution in [2.45, 2.75) is 19.8 Å². The van der Waals surface area contributed by atoms with E-state index in [-0.39, 0.29) is 17.7 Å². The minimum Gasteiger partial charge on any atom is -0.369 e. The first-order valence-electron chi connectivity index (χ1n) is 6.34. The van der Waals surface area contributed by atoms with Crippen molar-refractivity contribution in [2.24, 2.45) is 11.7 Å². The summed E-state index contributed by atoms with van der Waals surface area (Å²) in [5, 5.41) is 0. The number of rotatable bonds is 2. The average Bonchev–Trinajstić information content (AvgIpc) is 2.38. The highest BCUT2D eigenvalue weighted by molar-refractivity contribution is 9.10. The summed E-state index contributed by atoms with van der Waals surface area (Å²) in [4.78, 5) is 25.3. The van der Waals surface area contributed by atoms with E-state index < -0.39 is 0 Å². The predicted molar refractivity (Wildman–Crippen MR) is 76.7 cm³/mol. The van der Waals surface area contributed by atoms with E-state index in [0.29, 0.717) is 25.9 Å². The summed E-state index contributed by atoms with van der Waals surface area (Å²) in [6.45, 7) is 3.12. The quantitative estimate of drug-likeness (QED) is 0.905. The lowest BCUT2D eigenvalue weighted by Gasteiger charge is -2.31. The predicted octanol–water partition coefficient (Wildman–Crippen LogP) is 2.10. The molecule has 1 aromatic rings. The van der Waals surface area contributed by atoms with E-state index in [2.05, 4.69) is 15.9 Å². The Morgan fingerprint density at radius 2 is 1.95 bits per heavy atom. The fourth-order valence-electron chi connectivity index (χ4n) is 2.40. The number of piperidine rings is 1. The summed E-state index contributed by atoms with van der Waals surface area (Å²) in [5.74, 6) is -0.310. The van der Waals surface area contributed by atoms with Crippen LogP contribution in [0.3, 0.4) is 0 Å². The lowest BCUT2D eigenvalue weighted by Crippen LogP contribution is -2.41. The topological polar surface area (TPSA) is 63.4 Å². The number of carbonyl (C=O) groups excluding carboxylic acids is 2. The lowest BCUT2D eigenvalue weighted by atomic mass is 9.95. The van der Waals surface area contributed by atoms with Gasteiger partial charge in [0.1, 0.15) is 0 Å². The molecule has 2 amide bonds. The van der Waals surface area contributed by atoms with E-state index in [1.807, 2.05) is 25.1 Å². The van der Waals surface area contributed by atoms with Crippen LogP contribution in [-0.4, -0.2) is 29.8 Å². The minimum absolute atomic E-state index is 0.0351. The molecule has 0 radical (unpaired) electrons. The zero-order valence-electron chi connectivity index (χ0n) is 10.9. The molecule has 2 N–H and O–H groups in total. The van der Waals surface area contributed by atoms with Crippen molar-refractivity contribution in [3.8, 4) is 0 Å². The molecule has 0 unspecified atom stereocenters. The molecule has 1 saturated heterocycles. The van der Waals surface area contributed by atoms with Crippen LogP contribution in [0.25, 0.3) is 0 Å². The number of nitrogens with zero attached hydrogens (tertiary/aromatic N) is 1.